The molecular weight excluding hydrogens is 427 g/mol. The third-order valence-electron chi connectivity index (χ3n) is 5.57. The molecule has 33 heavy (non-hydrogen) atoms. The van der Waals surface area contributed by atoms with E-state index in [1.807, 2.05) is 6.07 Å². The Bertz CT molecular complexity index is 1310. The first-order chi connectivity index (χ1) is 16.1. The number of nitrogens with two attached hydrogens (primary N) is 1. The fourth-order valence-electron chi connectivity index (χ4n) is 3.94. The average Bonchev–Trinajstić information content (AvgIpc) is 3.28. The molecule has 0 amide bonds. The van der Waals surface area contributed by atoms with Crippen LogP contribution in [0, 0.1) is 17.1 Å². The van der Waals surface area contributed by atoms with E-state index in [4.69, 9.17) is 29.4 Å². The van der Waals surface area contributed by atoms with Crippen molar-refractivity contribution in [2.75, 3.05) is 13.9 Å². The molecule has 0 aromatic heterocycles. The molecule has 0 bridgehead atoms. The lowest BCUT2D eigenvalue weighted by Crippen LogP contribution is -2.21. The van der Waals surface area contributed by atoms with Crippen molar-refractivity contribution in [3.63, 3.8) is 0 Å². The molecule has 5 rings (SSSR count). The summed E-state index contributed by atoms with van der Waals surface area (Å²) in [6.07, 6.45) is 0. The average molecular weight is 446 g/mol. The van der Waals surface area contributed by atoms with Crippen molar-refractivity contribution in [2.24, 2.45) is 5.73 Å². The van der Waals surface area contributed by atoms with Gasteiger partial charge < -0.3 is 29.4 Å². The van der Waals surface area contributed by atoms with Gasteiger partial charge in [-0.2, -0.15) is 5.26 Å². The summed E-state index contributed by atoms with van der Waals surface area (Å²) in [4.78, 5) is 0. The predicted octanol–water partition coefficient (Wildman–Crippen LogP) is 4.36. The first-order valence-corrected chi connectivity index (χ1v) is 10.1. The van der Waals surface area contributed by atoms with E-state index in [-0.39, 0.29) is 30.7 Å². The number of allylic oxidation sites excluding steroid dienone is 1. The molecule has 3 aromatic rings. The summed E-state index contributed by atoms with van der Waals surface area (Å²) in [7, 11) is 1.51. The predicted molar refractivity (Wildman–Crippen MR) is 116 cm³/mol. The summed E-state index contributed by atoms with van der Waals surface area (Å²) in [5.74, 6) is 1.65. The van der Waals surface area contributed by atoms with Crippen LogP contribution in [0.4, 0.5) is 4.39 Å². The minimum atomic E-state index is -0.511. The highest BCUT2D eigenvalue weighted by molar-refractivity contribution is 5.62. The van der Waals surface area contributed by atoms with E-state index in [1.165, 1.54) is 13.2 Å². The molecule has 2 N–H and O–H groups in total. The van der Waals surface area contributed by atoms with Crippen molar-refractivity contribution in [1.82, 2.24) is 0 Å². The van der Waals surface area contributed by atoms with Gasteiger partial charge in [0.25, 0.3) is 0 Å². The van der Waals surface area contributed by atoms with Crippen molar-refractivity contribution in [3.8, 4) is 34.8 Å². The smallest absolute Gasteiger partial charge is 0.231 e. The quantitative estimate of drug-likeness (QED) is 0.622. The van der Waals surface area contributed by atoms with Crippen LogP contribution < -0.4 is 29.4 Å². The molecule has 166 valence electrons. The van der Waals surface area contributed by atoms with Gasteiger partial charge in [-0.3, -0.25) is 0 Å². The lowest BCUT2D eigenvalue weighted by molar-refractivity contribution is 0.174. The maximum atomic E-state index is 13.9. The minimum absolute atomic E-state index is 0.0210. The van der Waals surface area contributed by atoms with Crippen molar-refractivity contribution >= 4 is 0 Å². The molecular formula is C25H19FN2O5. The maximum Gasteiger partial charge on any atom is 0.231 e. The maximum absolute atomic E-state index is 13.9. The molecule has 0 aliphatic carbocycles. The van der Waals surface area contributed by atoms with Crippen molar-refractivity contribution in [1.29, 1.82) is 5.26 Å². The van der Waals surface area contributed by atoms with E-state index < -0.39 is 5.92 Å². The number of hydrogen-bond acceptors (Lipinski definition) is 7. The first-order valence-electron chi connectivity index (χ1n) is 10.1. The van der Waals surface area contributed by atoms with Crippen LogP contribution in [0.1, 0.15) is 22.6 Å². The van der Waals surface area contributed by atoms with E-state index in [9.17, 15) is 9.65 Å². The van der Waals surface area contributed by atoms with Gasteiger partial charge in [0.05, 0.1) is 13.0 Å². The Labute approximate surface area is 189 Å². The molecule has 8 heteroatoms. The number of halogens is 1. The second-order valence-corrected chi connectivity index (χ2v) is 7.46. The molecule has 1 atom stereocenters. The molecule has 2 aliphatic heterocycles. The molecule has 0 unspecified atom stereocenters. The number of ether oxygens (including phenoxy) is 5. The summed E-state index contributed by atoms with van der Waals surface area (Å²) in [5, 5.41) is 9.81. The molecule has 0 saturated carbocycles. The Morgan fingerprint density at radius 2 is 1.85 bits per heavy atom. The van der Waals surface area contributed by atoms with E-state index in [1.54, 1.807) is 42.5 Å². The highest BCUT2D eigenvalue weighted by Gasteiger charge is 2.33. The van der Waals surface area contributed by atoms with Crippen LogP contribution in [0.25, 0.3) is 0 Å². The topological polar surface area (TPSA) is 96.0 Å². The Morgan fingerprint density at radius 1 is 1.06 bits per heavy atom. The monoisotopic (exact) mass is 446 g/mol. The van der Waals surface area contributed by atoms with Crippen LogP contribution in [0.3, 0.4) is 0 Å². The largest absolute Gasteiger partial charge is 0.493 e. The van der Waals surface area contributed by atoms with Crippen molar-refractivity contribution in [3.05, 3.63) is 88.6 Å². The fraction of sp³-hybridized carbons (Fsp3) is 0.160. The molecule has 2 aliphatic rings. The number of benzene rings is 3. The zero-order chi connectivity index (χ0) is 22.9. The Hall–Kier alpha value is -4.38. The normalized spacial score (nSPS) is 16.0. The number of rotatable bonds is 5. The van der Waals surface area contributed by atoms with Crippen LogP contribution in [0.2, 0.25) is 0 Å². The second-order valence-electron chi connectivity index (χ2n) is 7.46. The summed E-state index contributed by atoms with van der Waals surface area (Å²) in [6, 6.07) is 17.4. The van der Waals surface area contributed by atoms with Gasteiger partial charge in [-0.1, -0.05) is 24.3 Å². The van der Waals surface area contributed by atoms with Gasteiger partial charge in [-0.25, -0.2) is 4.39 Å². The van der Waals surface area contributed by atoms with E-state index in [0.29, 0.717) is 39.9 Å². The molecule has 0 saturated heterocycles. The van der Waals surface area contributed by atoms with Gasteiger partial charge in [0.1, 0.15) is 29.8 Å². The second kappa shape index (κ2) is 8.28. The number of fused-ring (bicyclic) bond motifs is 2. The van der Waals surface area contributed by atoms with Crippen LogP contribution in [0.5, 0.6) is 28.7 Å². The van der Waals surface area contributed by atoms with Crippen LogP contribution in [-0.2, 0) is 6.61 Å². The highest BCUT2D eigenvalue weighted by Crippen LogP contribution is 2.48. The molecule has 2 heterocycles. The summed E-state index contributed by atoms with van der Waals surface area (Å²) >= 11 is 0. The van der Waals surface area contributed by atoms with Gasteiger partial charge in [0.2, 0.25) is 12.7 Å². The van der Waals surface area contributed by atoms with Crippen LogP contribution in [0.15, 0.2) is 66.1 Å². The molecule has 0 spiro atoms. The Balaban J connectivity index is 1.52. The zero-order valence-electron chi connectivity index (χ0n) is 17.6. The standard InChI is InChI=1S/C25H19FN2O5/c1-29-21-8-14(6-7-19(21)30-12-15-4-2-3-5-18(15)26)24-16-9-22-23(32-13-31-22)10-20(16)33-25(28)17(24)11-27/h2-10,24H,12-13,28H2,1H3/t24-/m1/s1. The molecule has 3 aromatic carbocycles. The van der Waals surface area contributed by atoms with Gasteiger partial charge in [0.15, 0.2) is 23.0 Å². The van der Waals surface area contributed by atoms with Crippen LogP contribution >= 0.6 is 0 Å². The van der Waals surface area contributed by atoms with Gasteiger partial charge in [0, 0.05) is 17.2 Å². The minimum Gasteiger partial charge on any atom is -0.493 e. The van der Waals surface area contributed by atoms with E-state index in [0.717, 1.165) is 5.56 Å². The summed E-state index contributed by atoms with van der Waals surface area (Å²) < 4.78 is 41.9. The van der Waals surface area contributed by atoms with Crippen molar-refractivity contribution in [2.45, 2.75) is 12.5 Å². The molecule has 7 nitrogen and oxygen atoms in total. The molecule has 0 fully saturated rings. The highest BCUT2D eigenvalue weighted by atomic mass is 19.1. The third kappa shape index (κ3) is 3.64. The Morgan fingerprint density at radius 3 is 2.61 bits per heavy atom. The van der Waals surface area contributed by atoms with E-state index >= 15 is 0 Å². The van der Waals surface area contributed by atoms with Crippen molar-refractivity contribution < 1.29 is 28.1 Å². The van der Waals surface area contributed by atoms with Gasteiger partial charge in [-0.05, 0) is 29.8 Å². The lowest BCUT2D eigenvalue weighted by atomic mass is 9.83. The third-order valence-corrected chi connectivity index (χ3v) is 5.57. The number of methoxy groups -OCH3 is 1. The number of hydrogen-bond donors (Lipinski definition) is 1. The van der Waals surface area contributed by atoms with Crippen LogP contribution in [-0.4, -0.2) is 13.9 Å². The SMILES string of the molecule is COc1cc([C@H]2C(C#N)=C(N)Oc3cc4c(cc32)OCO4)ccc1OCc1ccccc1F. The fourth-order valence-corrected chi connectivity index (χ4v) is 3.94. The zero-order valence-corrected chi connectivity index (χ0v) is 17.6. The summed E-state index contributed by atoms with van der Waals surface area (Å²) in [5.41, 5.74) is 8.23. The lowest BCUT2D eigenvalue weighted by Gasteiger charge is -2.27. The number of nitrogens with zero attached hydrogens (tertiary/aromatic N) is 1. The Kier molecular flexibility index (Phi) is 5.15. The molecule has 0 radical (unpaired) electrons. The van der Waals surface area contributed by atoms with E-state index in [2.05, 4.69) is 6.07 Å². The number of nitriles is 1. The van der Waals surface area contributed by atoms with Gasteiger partial charge in [-0.15, -0.1) is 0 Å². The summed E-state index contributed by atoms with van der Waals surface area (Å²) in [6.45, 7) is 0.154. The first kappa shape index (κ1) is 20.5. The van der Waals surface area contributed by atoms with Gasteiger partial charge >= 0.3 is 0 Å².